The van der Waals surface area contributed by atoms with E-state index < -0.39 is 10.1 Å². The second kappa shape index (κ2) is 12.5. The number of hydrogen-bond donors (Lipinski definition) is 1. The molecular weight excluding hydrogens is 387 g/mol. The first-order chi connectivity index (χ1) is 12.9. The summed E-state index contributed by atoms with van der Waals surface area (Å²) in [6.07, 6.45) is 8.90. The SMILES string of the molecule is CCCCCCCCCc1ccc(S(=O)(=O)O)cc1Oc1ccccc1[O-].[Na+]. The molecule has 2 rings (SSSR count). The van der Waals surface area contributed by atoms with Crippen molar-refractivity contribution < 1.29 is 52.4 Å². The molecule has 0 radical (unpaired) electrons. The second-order valence-corrected chi connectivity index (χ2v) is 8.09. The van der Waals surface area contributed by atoms with E-state index in [1.54, 1.807) is 24.3 Å². The Labute approximate surface area is 190 Å². The summed E-state index contributed by atoms with van der Waals surface area (Å²) in [4.78, 5) is -0.246. The maximum Gasteiger partial charge on any atom is 1.00 e. The molecule has 0 spiro atoms. The first-order valence-corrected chi connectivity index (χ1v) is 10.9. The van der Waals surface area contributed by atoms with Gasteiger partial charge in [-0.05, 0) is 30.5 Å². The zero-order chi connectivity index (χ0) is 19.7. The van der Waals surface area contributed by atoms with Gasteiger partial charge in [-0.15, -0.1) is 0 Å². The van der Waals surface area contributed by atoms with E-state index in [-0.39, 0.29) is 46.0 Å². The van der Waals surface area contributed by atoms with Crippen LogP contribution in [0.3, 0.4) is 0 Å². The minimum Gasteiger partial charge on any atom is -0.870 e. The van der Waals surface area contributed by atoms with Gasteiger partial charge in [-0.3, -0.25) is 4.55 Å². The molecule has 2 aromatic carbocycles. The third-order valence-electron chi connectivity index (χ3n) is 4.46. The predicted molar refractivity (Wildman–Crippen MR) is 104 cm³/mol. The Morgan fingerprint density at radius 1 is 0.929 bits per heavy atom. The molecule has 0 unspecified atom stereocenters. The Morgan fingerprint density at radius 3 is 2.21 bits per heavy atom. The molecule has 0 aliphatic carbocycles. The molecule has 0 saturated carbocycles. The van der Waals surface area contributed by atoms with E-state index in [4.69, 9.17) is 4.74 Å². The van der Waals surface area contributed by atoms with Crippen LogP contribution < -0.4 is 39.4 Å². The quantitative estimate of drug-likeness (QED) is 0.346. The summed E-state index contributed by atoms with van der Waals surface area (Å²) in [6, 6.07) is 10.5. The van der Waals surface area contributed by atoms with Crippen molar-refractivity contribution in [2.75, 3.05) is 0 Å². The first kappa shape index (κ1) is 25.0. The van der Waals surface area contributed by atoms with Crippen molar-refractivity contribution in [3.8, 4) is 17.2 Å². The van der Waals surface area contributed by atoms with E-state index in [1.165, 1.54) is 50.3 Å². The largest absolute Gasteiger partial charge is 1.00 e. The van der Waals surface area contributed by atoms with Crippen molar-refractivity contribution in [3.63, 3.8) is 0 Å². The standard InChI is InChI=1S/C21H28O5S.Na/c1-2-3-4-5-6-7-8-11-17-14-15-18(27(23,24)25)16-21(17)26-20-13-10-9-12-19(20)22;/h9-10,12-16,22H,2-8,11H2,1H3,(H,23,24,25);/q;+1/p-1. The Balaban J connectivity index is 0.00000392. The van der Waals surface area contributed by atoms with Crippen molar-refractivity contribution in [1.82, 2.24) is 0 Å². The van der Waals surface area contributed by atoms with Crippen molar-refractivity contribution >= 4 is 10.1 Å². The fourth-order valence-electron chi connectivity index (χ4n) is 2.92. The predicted octanol–water partition coefficient (Wildman–Crippen LogP) is 2.10. The van der Waals surface area contributed by atoms with Crippen LogP contribution in [0.1, 0.15) is 57.4 Å². The zero-order valence-corrected chi connectivity index (χ0v) is 19.5. The summed E-state index contributed by atoms with van der Waals surface area (Å²) in [5.74, 6) is 0.141. The van der Waals surface area contributed by atoms with Crippen LogP contribution in [-0.2, 0) is 16.5 Å². The fourth-order valence-corrected chi connectivity index (χ4v) is 3.42. The van der Waals surface area contributed by atoms with Gasteiger partial charge in [0.05, 0.1) is 4.90 Å². The van der Waals surface area contributed by atoms with Crippen LogP contribution in [0.4, 0.5) is 0 Å². The molecular formula is C21H27NaO5S. The van der Waals surface area contributed by atoms with Gasteiger partial charge in [0, 0.05) is 6.07 Å². The van der Waals surface area contributed by atoms with E-state index in [9.17, 15) is 18.1 Å². The van der Waals surface area contributed by atoms with E-state index in [2.05, 4.69) is 6.92 Å². The van der Waals surface area contributed by atoms with Gasteiger partial charge in [0.2, 0.25) is 0 Å². The van der Waals surface area contributed by atoms with Gasteiger partial charge >= 0.3 is 29.6 Å². The number of ether oxygens (including phenoxy) is 1. The smallest absolute Gasteiger partial charge is 0.870 e. The van der Waals surface area contributed by atoms with Crippen molar-refractivity contribution in [2.45, 2.75) is 63.2 Å². The Bertz CT molecular complexity index is 836. The minimum atomic E-state index is -4.34. The van der Waals surface area contributed by atoms with Crippen LogP contribution in [-0.4, -0.2) is 13.0 Å². The number of benzene rings is 2. The molecule has 7 heteroatoms. The molecule has 0 heterocycles. The number of unbranched alkanes of at least 4 members (excludes halogenated alkanes) is 6. The average molecular weight is 414 g/mol. The molecule has 0 aromatic heterocycles. The number of hydrogen-bond acceptors (Lipinski definition) is 4. The third-order valence-corrected chi connectivity index (χ3v) is 5.30. The second-order valence-electron chi connectivity index (χ2n) is 6.66. The van der Waals surface area contributed by atoms with Crippen LogP contribution in [0.2, 0.25) is 0 Å². The summed E-state index contributed by atoms with van der Waals surface area (Å²) in [5, 5.41) is 11.9. The van der Waals surface area contributed by atoms with E-state index in [0.717, 1.165) is 24.8 Å². The minimum absolute atomic E-state index is 0. The van der Waals surface area contributed by atoms with E-state index >= 15 is 0 Å². The molecule has 0 aliphatic rings. The summed E-state index contributed by atoms with van der Waals surface area (Å²) in [7, 11) is -4.34. The topological polar surface area (TPSA) is 86.7 Å². The molecule has 0 atom stereocenters. The molecule has 0 aliphatic heterocycles. The molecule has 5 nitrogen and oxygen atoms in total. The van der Waals surface area contributed by atoms with E-state index in [1.807, 2.05) is 0 Å². The Hall–Kier alpha value is -1.05. The van der Waals surface area contributed by atoms with Crippen LogP contribution in [0, 0.1) is 0 Å². The monoisotopic (exact) mass is 414 g/mol. The molecule has 2 aromatic rings. The Morgan fingerprint density at radius 2 is 1.57 bits per heavy atom. The van der Waals surface area contributed by atoms with Gasteiger partial charge < -0.3 is 9.84 Å². The van der Waals surface area contributed by atoms with Crippen LogP contribution >= 0.6 is 0 Å². The van der Waals surface area contributed by atoms with Gasteiger partial charge in [-0.2, -0.15) is 8.42 Å². The van der Waals surface area contributed by atoms with Crippen molar-refractivity contribution in [2.24, 2.45) is 0 Å². The fraction of sp³-hybridized carbons (Fsp3) is 0.429. The summed E-state index contributed by atoms with van der Waals surface area (Å²) in [5.41, 5.74) is 0.819. The van der Waals surface area contributed by atoms with Crippen LogP contribution in [0.15, 0.2) is 47.4 Å². The van der Waals surface area contributed by atoms with Crippen LogP contribution in [0.25, 0.3) is 0 Å². The molecule has 1 N–H and O–H groups in total. The normalized spacial score (nSPS) is 11.1. The van der Waals surface area contributed by atoms with Gasteiger partial charge in [0.1, 0.15) is 11.5 Å². The van der Waals surface area contributed by atoms with Crippen molar-refractivity contribution in [1.29, 1.82) is 0 Å². The maximum absolute atomic E-state index is 11.9. The summed E-state index contributed by atoms with van der Waals surface area (Å²) < 4.78 is 37.9. The summed E-state index contributed by atoms with van der Waals surface area (Å²) >= 11 is 0. The molecule has 0 fully saturated rings. The number of rotatable bonds is 11. The molecule has 0 amide bonds. The van der Waals surface area contributed by atoms with Gasteiger partial charge in [-0.25, -0.2) is 0 Å². The van der Waals surface area contributed by atoms with E-state index in [0.29, 0.717) is 5.75 Å². The Kier molecular flexibility index (Phi) is 11.2. The van der Waals surface area contributed by atoms with Crippen molar-refractivity contribution in [3.05, 3.63) is 48.0 Å². The van der Waals surface area contributed by atoms with Gasteiger partial charge in [0.25, 0.3) is 10.1 Å². The maximum atomic E-state index is 11.9. The van der Waals surface area contributed by atoms with Gasteiger partial charge in [-0.1, -0.05) is 75.5 Å². The zero-order valence-electron chi connectivity index (χ0n) is 16.7. The van der Waals surface area contributed by atoms with Crippen LogP contribution in [0.5, 0.6) is 17.2 Å². The number of aryl methyl sites for hydroxylation is 1. The molecule has 0 saturated heterocycles. The molecule has 0 bridgehead atoms. The molecule has 148 valence electrons. The van der Waals surface area contributed by atoms with Gasteiger partial charge in [0.15, 0.2) is 0 Å². The average Bonchev–Trinajstić information content (AvgIpc) is 2.63. The first-order valence-electron chi connectivity index (χ1n) is 9.46. The molecule has 28 heavy (non-hydrogen) atoms. The number of para-hydroxylation sites is 2. The third kappa shape index (κ3) is 8.13. The summed E-state index contributed by atoms with van der Waals surface area (Å²) in [6.45, 7) is 2.19.